The van der Waals surface area contributed by atoms with Crippen molar-refractivity contribution in [1.82, 2.24) is 10.6 Å². The second kappa shape index (κ2) is 6.72. The highest BCUT2D eigenvalue weighted by molar-refractivity contribution is 5.78. The highest BCUT2D eigenvalue weighted by Crippen LogP contribution is 2.25. The average Bonchev–Trinajstić information content (AvgIpc) is 2.84. The molecule has 0 spiro atoms. The van der Waals surface area contributed by atoms with Gasteiger partial charge in [0.05, 0.1) is 13.2 Å². The standard InChI is InChI=1S/C15H22N2O3/c1-10-3-5-14(20-2)12(7-10)13(18)9-16-8-11-4-6-15(19)17-11/h3,5,7,11,13,16,18H,4,6,8-9H2,1-2H3,(H,17,19). The van der Waals surface area contributed by atoms with Crippen LogP contribution in [0.25, 0.3) is 0 Å². The van der Waals surface area contributed by atoms with Gasteiger partial charge in [0.25, 0.3) is 0 Å². The molecule has 110 valence electrons. The Labute approximate surface area is 119 Å². The highest BCUT2D eigenvalue weighted by atomic mass is 16.5. The molecule has 1 fully saturated rings. The number of aliphatic hydroxyl groups is 1. The summed E-state index contributed by atoms with van der Waals surface area (Å²) in [6, 6.07) is 5.93. The van der Waals surface area contributed by atoms with Crippen LogP contribution in [0.1, 0.15) is 30.1 Å². The molecule has 1 aromatic carbocycles. The van der Waals surface area contributed by atoms with Gasteiger partial charge in [-0.3, -0.25) is 4.79 Å². The second-order valence-electron chi connectivity index (χ2n) is 5.22. The van der Waals surface area contributed by atoms with Crippen molar-refractivity contribution in [3.63, 3.8) is 0 Å². The van der Waals surface area contributed by atoms with Crippen LogP contribution in [0.15, 0.2) is 18.2 Å². The van der Waals surface area contributed by atoms with Crippen molar-refractivity contribution in [3.05, 3.63) is 29.3 Å². The maximum atomic E-state index is 11.1. The topological polar surface area (TPSA) is 70.6 Å². The lowest BCUT2D eigenvalue weighted by molar-refractivity contribution is -0.119. The Morgan fingerprint density at radius 1 is 1.55 bits per heavy atom. The van der Waals surface area contributed by atoms with E-state index in [2.05, 4.69) is 10.6 Å². The summed E-state index contributed by atoms with van der Waals surface area (Å²) in [5, 5.41) is 16.3. The van der Waals surface area contributed by atoms with Crippen molar-refractivity contribution in [1.29, 1.82) is 0 Å². The first-order chi connectivity index (χ1) is 9.60. The minimum Gasteiger partial charge on any atom is -0.496 e. The van der Waals surface area contributed by atoms with Gasteiger partial charge in [0.1, 0.15) is 5.75 Å². The minimum absolute atomic E-state index is 0.109. The summed E-state index contributed by atoms with van der Waals surface area (Å²) >= 11 is 0. The summed E-state index contributed by atoms with van der Waals surface area (Å²) in [7, 11) is 1.60. The van der Waals surface area contributed by atoms with E-state index in [1.165, 1.54) is 0 Å². The van der Waals surface area contributed by atoms with Crippen LogP contribution in [0.5, 0.6) is 5.75 Å². The third-order valence-electron chi connectivity index (χ3n) is 3.56. The van der Waals surface area contributed by atoms with Gasteiger partial charge in [-0.1, -0.05) is 11.6 Å². The smallest absolute Gasteiger partial charge is 0.220 e. The Balaban J connectivity index is 1.86. The number of ether oxygens (including phenoxy) is 1. The van der Waals surface area contributed by atoms with Crippen molar-refractivity contribution in [2.45, 2.75) is 31.9 Å². The fourth-order valence-corrected chi connectivity index (χ4v) is 2.45. The number of carbonyl (C=O) groups is 1. The van der Waals surface area contributed by atoms with Crippen molar-refractivity contribution in [2.75, 3.05) is 20.2 Å². The molecule has 20 heavy (non-hydrogen) atoms. The number of amides is 1. The molecule has 0 radical (unpaired) electrons. The van der Waals surface area contributed by atoms with Crippen LogP contribution in [0.3, 0.4) is 0 Å². The lowest BCUT2D eigenvalue weighted by Gasteiger charge is -2.17. The lowest BCUT2D eigenvalue weighted by Crippen LogP contribution is -2.37. The molecule has 1 aromatic rings. The molecule has 1 aliphatic heterocycles. The van der Waals surface area contributed by atoms with Crippen LogP contribution in [-0.2, 0) is 4.79 Å². The molecule has 1 saturated heterocycles. The van der Waals surface area contributed by atoms with E-state index >= 15 is 0 Å². The average molecular weight is 278 g/mol. The Kier molecular flexibility index (Phi) is 4.98. The lowest BCUT2D eigenvalue weighted by atomic mass is 10.0. The number of hydrogen-bond donors (Lipinski definition) is 3. The SMILES string of the molecule is COc1ccc(C)cc1C(O)CNCC1CCC(=O)N1. The van der Waals surface area contributed by atoms with Gasteiger partial charge in [-0.2, -0.15) is 0 Å². The van der Waals surface area contributed by atoms with Crippen LogP contribution in [0.2, 0.25) is 0 Å². The largest absolute Gasteiger partial charge is 0.496 e. The third-order valence-corrected chi connectivity index (χ3v) is 3.56. The molecular weight excluding hydrogens is 256 g/mol. The number of aliphatic hydroxyl groups excluding tert-OH is 1. The normalized spacial score (nSPS) is 19.8. The Morgan fingerprint density at radius 3 is 3.00 bits per heavy atom. The van der Waals surface area contributed by atoms with Crippen LogP contribution in [0.4, 0.5) is 0 Å². The van der Waals surface area contributed by atoms with Crippen molar-refractivity contribution in [2.24, 2.45) is 0 Å². The van der Waals surface area contributed by atoms with E-state index in [1.807, 2.05) is 25.1 Å². The number of hydrogen-bond acceptors (Lipinski definition) is 4. The van der Waals surface area contributed by atoms with Crippen molar-refractivity contribution >= 4 is 5.91 Å². The molecule has 2 unspecified atom stereocenters. The fourth-order valence-electron chi connectivity index (χ4n) is 2.45. The number of aryl methyl sites for hydroxylation is 1. The molecule has 5 heteroatoms. The van der Waals surface area contributed by atoms with Crippen molar-refractivity contribution < 1.29 is 14.6 Å². The number of nitrogens with one attached hydrogen (secondary N) is 2. The van der Waals surface area contributed by atoms with Crippen LogP contribution in [0, 0.1) is 6.92 Å². The molecular formula is C15H22N2O3. The van der Waals surface area contributed by atoms with Gasteiger partial charge in [0, 0.05) is 31.1 Å². The van der Waals surface area contributed by atoms with Gasteiger partial charge in [-0.25, -0.2) is 0 Å². The van der Waals surface area contributed by atoms with Crippen molar-refractivity contribution in [3.8, 4) is 5.75 Å². The van der Waals surface area contributed by atoms with Crippen LogP contribution >= 0.6 is 0 Å². The summed E-state index contributed by atoms with van der Waals surface area (Å²) in [5.41, 5.74) is 1.87. The third kappa shape index (κ3) is 3.71. The zero-order chi connectivity index (χ0) is 14.5. The van der Waals surface area contributed by atoms with E-state index in [4.69, 9.17) is 4.74 Å². The first-order valence-electron chi connectivity index (χ1n) is 6.93. The summed E-state index contributed by atoms with van der Waals surface area (Å²) in [5.74, 6) is 0.803. The fraction of sp³-hybridized carbons (Fsp3) is 0.533. The molecule has 1 amide bonds. The number of rotatable bonds is 6. The predicted octanol–water partition coefficient (Wildman–Crippen LogP) is 0.905. The summed E-state index contributed by atoms with van der Waals surface area (Å²) < 4.78 is 5.27. The van der Waals surface area contributed by atoms with E-state index in [0.29, 0.717) is 25.3 Å². The molecule has 0 saturated carbocycles. The van der Waals surface area contributed by atoms with E-state index in [0.717, 1.165) is 17.5 Å². The molecule has 1 heterocycles. The first kappa shape index (κ1) is 14.8. The molecule has 0 aromatic heterocycles. The van der Waals surface area contributed by atoms with Crippen LogP contribution in [-0.4, -0.2) is 37.3 Å². The summed E-state index contributed by atoms with van der Waals surface area (Å²) in [6.45, 7) is 3.10. The van der Waals surface area contributed by atoms with E-state index < -0.39 is 6.10 Å². The summed E-state index contributed by atoms with van der Waals surface area (Å²) in [6.07, 6.45) is 0.831. The van der Waals surface area contributed by atoms with E-state index in [-0.39, 0.29) is 11.9 Å². The van der Waals surface area contributed by atoms with E-state index in [9.17, 15) is 9.90 Å². The molecule has 2 rings (SSSR count). The van der Waals surface area contributed by atoms with Gasteiger partial charge in [0.2, 0.25) is 5.91 Å². The first-order valence-corrected chi connectivity index (χ1v) is 6.93. The van der Waals surface area contributed by atoms with Gasteiger partial charge in [0.15, 0.2) is 0 Å². The number of benzene rings is 1. The maximum absolute atomic E-state index is 11.1. The highest BCUT2D eigenvalue weighted by Gasteiger charge is 2.20. The predicted molar refractivity (Wildman–Crippen MR) is 76.7 cm³/mol. The van der Waals surface area contributed by atoms with Gasteiger partial charge in [-0.15, -0.1) is 0 Å². The summed E-state index contributed by atoms with van der Waals surface area (Å²) in [4.78, 5) is 11.1. The Bertz CT molecular complexity index is 476. The Morgan fingerprint density at radius 2 is 2.35 bits per heavy atom. The minimum atomic E-state index is -0.623. The second-order valence-corrected chi connectivity index (χ2v) is 5.22. The Hall–Kier alpha value is -1.59. The quantitative estimate of drug-likeness (QED) is 0.723. The monoisotopic (exact) mass is 278 g/mol. The van der Waals surface area contributed by atoms with Crippen LogP contribution < -0.4 is 15.4 Å². The number of methoxy groups -OCH3 is 1. The molecule has 3 N–H and O–H groups in total. The molecule has 0 bridgehead atoms. The zero-order valence-corrected chi connectivity index (χ0v) is 12.0. The molecule has 5 nitrogen and oxygen atoms in total. The number of carbonyl (C=O) groups excluding carboxylic acids is 1. The maximum Gasteiger partial charge on any atom is 0.220 e. The molecule has 0 aliphatic carbocycles. The zero-order valence-electron chi connectivity index (χ0n) is 12.0. The molecule has 1 aliphatic rings. The van der Waals surface area contributed by atoms with Gasteiger partial charge >= 0.3 is 0 Å². The molecule has 2 atom stereocenters. The van der Waals surface area contributed by atoms with Gasteiger partial charge < -0.3 is 20.5 Å². The van der Waals surface area contributed by atoms with Gasteiger partial charge in [-0.05, 0) is 25.5 Å². The van der Waals surface area contributed by atoms with E-state index in [1.54, 1.807) is 7.11 Å².